The maximum absolute atomic E-state index is 10.9. The molecule has 13 heavy (non-hydrogen) atoms. The maximum Gasteiger partial charge on any atom is 0.300 e. The van der Waals surface area contributed by atoms with Gasteiger partial charge in [0.25, 0.3) is 5.97 Å². The second-order valence-corrected chi connectivity index (χ2v) is 3.52. The summed E-state index contributed by atoms with van der Waals surface area (Å²) >= 11 is 0. The summed E-state index contributed by atoms with van der Waals surface area (Å²) in [6.45, 7) is 3.23. The number of rotatable bonds is 0. The minimum atomic E-state index is -0.833. The third-order valence-electron chi connectivity index (χ3n) is 2.25. The summed E-state index contributed by atoms with van der Waals surface area (Å²) in [6.07, 6.45) is 2.07. The van der Waals surface area contributed by atoms with Crippen molar-refractivity contribution >= 4 is 11.8 Å². The number of carbonyl (C=O) groups excluding carboxylic acids is 1. The molecule has 1 heterocycles. The molecule has 0 aromatic carbocycles. The van der Waals surface area contributed by atoms with E-state index in [0.717, 1.165) is 19.8 Å². The number of ketones is 1. The number of hydrogen-bond acceptors (Lipinski definition) is 3. The molecule has 1 N–H and O–H groups in total. The highest BCUT2D eigenvalue weighted by atomic mass is 16.6. The highest BCUT2D eigenvalue weighted by Crippen LogP contribution is 2.37. The Morgan fingerprint density at radius 1 is 1.62 bits per heavy atom. The van der Waals surface area contributed by atoms with Crippen molar-refractivity contribution in [3.8, 4) is 0 Å². The Bertz CT molecular complexity index is 220. The van der Waals surface area contributed by atoms with Gasteiger partial charge in [-0.25, -0.2) is 0 Å². The lowest BCUT2D eigenvalue weighted by atomic mass is 9.90. The first-order valence-corrected chi connectivity index (χ1v) is 4.40. The molecule has 1 saturated carbocycles. The Balaban J connectivity index is 0.000000184. The van der Waals surface area contributed by atoms with E-state index in [0.29, 0.717) is 17.8 Å². The zero-order valence-electron chi connectivity index (χ0n) is 7.82. The van der Waals surface area contributed by atoms with E-state index in [9.17, 15) is 4.79 Å². The van der Waals surface area contributed by atoms with E-state index in [4.69, 9.17) is 14.6 Å². The van der Waals surface area contributed by atoms with E-state index in [1.807, 2.05) is 0 Å². The van der Waals surface area contributed by atoms with Gasteiger partial charge in [-0.15, -0.1) is 0 Å². The fourth-order valence-corrected chi connectivity index (χ4v) is 1.49. The van der Waals surface area contributed by atoms with E-state index < -0.39 is 5.97 Å². The van der Waals surface area contributed by atoms with Crippen molar-refractivity contribution in [2.45, 2.75) is 38.9 Å². The second-order valence-electron chi connectivity index (χ2n) is 3.52. The fraction of sp³-hybridized carbons (Fsp3) is 0.778. The average Bonchev–Trinajstić information content (AvgIpc) is 2.75. The molecular formula is C9H14O4. The lowest BCUT2D eigenvalue weighted by Crippen LogP contribution is -2.21. The molecule has 2 rings (SSSR count). The zero-order valence-corrected chi connectivity index (χ0v) is 7.82. The fourth-order valence-electron chi connectivity index (χ4n) is 1.49. The number of aliphatic carboxylic acids is 1. The van der Waals surface area contributed by atoms with E-state index in [1.165, 1.54) is 0 Å². The normalized spacial score (nSPS) is 35.5. The molecule has 1 aliphatic heterocycles. The smallest absolute Gasteiger partial charge is 0.300 e. The molecule has 0 unspecified atom stereocenters. The Morgan fingerprint density at radius 3 is 2.62 bits per heavy atom. The minimum absolute atomic E-state index is 0.00810. The highest BCUT2D eigenvalue weighted by Gasteiger charge is 2.50. The predicted octanol–water partition coefficient (Wildman–Crippen LogP) is 0.844. The predicted molar refractivity (Wildman–Crippen MR) is 45.4 cm³/mol. The van der Waals surface area contributed by atoms with Crippen LogP contribution in [-0.4, -0.2) is 29.1 Å². The van der Waals surface area contributed by atoms with Crippen LogP contribution in [0, 0.1) is 5.92 Å². The van der Waals surface area contributed by atoms with Gasteiger partial charge in [-0.3, -0.25) is 9.59 Å². The lowest BCUT2D eigenvalue weighted by molar-refractivity contribution is -0.134. The van der Waals surface area contributed by atoms with Crippen LogP contribution in [0.4, 0.5) is 0 Å². The summed E-state index contributed by atoms with van der Waals surface area (Å²) in [4.78, 5) is 19.9. The second kappa shape index (κ2) is 3.87. The van der Waals surface area contributed by atoms with Crippen molar-refractivity contribution in [3.05, 3.63) is 0 Å². The monoisotopic (exact) mass is 186 g/mol. The van der Waals surface area contributed by atoms with Crippen LogP contribution in [0.15, 0.2) is 0 Å². The average molecular weight is 186 g/mol. The largest absolute Gasteiger partial charge is 0.481 e. The van der Waals surface area contributed by atoms with Crippen molar-refractivity contribution in [1.29, 1.82) is 0 Å². The molecular weight excluding hydrogens is 172 g/mol. The quantitative estimate of drug-likeness (QED) is 0.569. The highest BCUT2D eigenvalue weighted by molar-refractivity contribution is 5.86. The number of Topliss-reactive ketones (excluding diaryl/α,β-unsaturated/α-hetero) is 1. The van der Waals surface area contributed by atoms with Crippen molar-refractivity contribution < 1.29 is 19.4 Å². The third kappa shape index (κ3) is 2.81. The van der Waals surface area contributed by atoms with Crippen LogP contribution < -0.4 is 0 Å². The van der Waals surface area contributed by atoms with Crippen LogP contribution in [-0.2, 0) is 14.3 Å². The summed E-state index contributed by atoms with van der Waals surface area (Å²) in [7, 11) is 0. The van der Waals surface area contributed by atoms with E-state index >= 15 is 0 Å². The van der Waals surface area contributed by atoms with Gasteiger partial charge in [0.1, 0.15) is 6.10 Å². The standard InChI is InChI=1S/C7H10O2.C2H4O2/c1-4-2-3-5(8)7-6(4)9-7;1-2(3)4/h4,6-7H,2-3H2,1H3;1H3,(H,3,4)/t4-,6-,7+;/m1./s1. The van der Waals surface area contributed by atoms with Gasteiger partial charge in [0.05, 0.1) is 6.10 Å². The molecule has 0 spiro atoms. The van der Waals surface area contributed by atoms with Gasteiger partial charge in [-0.1, -0.05) is 6.92 Å². The molecule has 3 atom stereocenters. The van der Waals surface area contributed by atoms with Crippen LogP contribution >= 0.6 is 0 Å². The van der Waals surface area contributed by atoms with Crippen molar-refractivity contribution in [3.63, 3.8) is 0 Å². The third-order valence-corrected chi connectivity index (χ3v) is 2.25. The van der Waals surface area contributed by atoms with Gasteiger partial charge >= 0.3 is 0 Å². The zero-order chi connectivity index (χ0) is 10.0. The van der Waals surface area contributed by atoms with Gasteiger partial charge in [0, 0.05) is 13.3 Å². The Labute approximate surface area is 76.9 Å². The minimum Gasteiger partial charge on any atom is -0.481 e. The van der Waals surface area contributed by atoms with Crippen LogP contribution in [0.3, 0.4) is 0 Å². The molecule has 4 heteroatoms. The number of carboxylic acids is 1. The molecule has 0 aromatic heterocycles. The first kappa shape index (κ1) is 10.2. The van der Waals surface area contributed by atoms with E-state index in [-0.39, 0.29) is 6.10 Å². The molecule has 2 aliphatic rings. The summed E-state index contributed by atoms with van der Waals surface area (Å²) in [5.74, 6) is 0.103. The van der Waals surface area contributed by atoms with E-state index in [2.05, 4.69) is 6.92 Å². The number of fused-ring (bicyclic) bond motifs is 1. The van der Waals surface area contributed by atoms with Crippen molar-refractivity contribution in [2.75, 3.05) is 0 Å². The van der Waals surface area contributed by atoms with E-state index in [1.54, 1.807) is 0 Å². The molecule has 0 amide bonds. The summed E-state index contributed by atoms with van der Waals surface area (Å²) in [6, 6.07) is 0. The molecule has 0 aromatic rings. The Morgan fingerprint density at radius 2 is 2.15 bits per heavy atom. The molecule has 4 nitrogen and oxygen atoms in total. The maximum atomic E-state index is 10.9. The van der Waals surface area contributed by atoms with Crippen LogP contribution in [0.2, 0.25) is 0 Å². The SMILES string of the molecule is CC(=O)O.C[C@@H]1CCC(=O)[C@@H]2O[C@H]12. The molecule has 0 radical (unpaired) electrons. The van der Waals surface area contributed by atoms with Gasteiger partial charge in [-0.2, -0.15) is 0 Å². The number of carbonyl (C=O) groups is 2. The number of hydrogen-bond donors (Lipinski definition) is 1. The molecule has 0 bridgehead atoms. The number of ether oxygens (including phenoxy) is 1. The molecule has 74 valence electrons. The molecule has 2 fully saturated rings. The summed E-state index contributed by atoms with van der Waals surface area (Å²) in [5, 5.41) is 7.42. The Kier molecular flexibility index (Phi) is 3.03. The van der Waals surface area contributed by atoms with Crippen molar-refractivity contribution in [2.24, 2.45) is 5.92 Å². The van der Waals surface area contributed by atoms with Crippen LogP contribution in [0.25, 0.3) is 0 Å². The van der Waals surface area contributed by atoms with Gasteiger partial charge in [0.2, 0.25) is 0 Å². The summed E-state index contributed by atoms with van der Waals surface area (Å²) < 4.78 is 5.15. The van der Waals surface area contributed by atoms with Crippen LogP contribution in [0.1, 0.15) is 26.7 Å². The Hall–Kier alpha value is -0.900. The van der Waals surface area contributed by atoms with Crippen molar-refractivity contribution in [1.82, 2.24) is 0 Å². The first-order chi connectivity index (χ1) is 6.02. The van der Waals surface area contributed by atoms with Gasteiger partial charge in [0.15, 0.2) is 5.78 Å². The topological polar surface area (TPSA) is 66.9 Å². The number of epoxide rings is 1. The first-order valence-electron chi connectivity index (χ1n) is 4.40. The number of carboxylic acid groups (broad SMARTS) is 1. The molecule has 1 saturated heterocycles. The van der Waals surface area contributed by atoms with Gasteiger partial charge in [-0.05, 0) is 12.3 Å². The van der Waals surface area contributed by atoms with Crippen LogP contribution in [0.5, 0.6) is 0 Å². The lowest BCUT2D eigenvalue weighted by Gasteiger charge is -2.10. The molecule has 1 aliphatic carbocycles. The van der Waals surface area contributed by atoms with Gasteiger partial charge < -0.3 is 9.84 Å². The summed E-state index contributed by atoms with van der Waals surface area (Å²) in [5.41, 5.74) is 0.